The predicted molar refractivity (Wildman–Crippen MR) is 114 cm³/mol. The van der Waals surface area contributed by atoms with Crippen molar-refractivity contribution in [2.24, 2.45) is 0 Å². The fourth-order valence-corrected chi connectivity index (χ4v) is 4.80. The van der Waals surface area contributed by atoms with Crippen molar-refractivity contribution < 1.29 is 0 Å². The molecular weight excluding hydrogens is 348 g/mol. The Labute approximate surface area is 163 Å². The second-order valence-corrected chi connectivity index (χ2v) is 7.51. The van der Waals surface area contributed by atoms with E-state index in [1.165, 1.54) is 6.42 Å². The predicted octanol–water partition coefficient (Wildman–Crippen LogP) is 4.18. The number of imidazole rings is 1. The Morgan fingerprint density at radius 3 is 2.57 bits per heavy atom. The summed E-state index contributed by atoms with van der Waals surface area (Å²) in [7, 11) is 0. The molecule has 0 radical (unpaired) electrons. The molecule has 3 heterocycles. The Morgan fingerprint density at radius 2 is 1.75 bits per heavy atom. The summed E-state index contributed by atoms with van der Waals surface area (Å²) in [6, 6.07) is 16.2. The molecule has 1 aliphatic heterocycles. The van der Waals surface area contributed by atoms with Gasteiger partial charge in [-0.05, 0) is 43.2 Å². The number of piperidine rings is 1. The van der Waals surface area contributed by atoms with Crippen LogP contribution in [0.25, 0.3) is 21.9 Å². The third-order valence-electron chi connectivity index (χ3n) is 6.04. The number of hydrogen-bond acceptors (Lipinski definition) is 2. The summed E-state index contributed by atoms with van der Waals surface area (Å²) in [5, 5.41) is 1.12. The lowest BCUT2D eigenvalue weighted by Gasteiger charge is -2.45. The number of H-pyrrole nitrogens is 2. The molecule has 142 valence electrons. The number of para-hydroxylation sites is 2. The number of nitrogens with one attached hydrogen (secondary N) is 2. The lowest BCUT2D eigenvalue weighted by molar-refractivity contribution is 0.0801. The first kappa shape index (κ1) is 17.1. The molecular formula is C23H24N4O. The van der Waals surface area contributed by atoms with E-state index in [2.05, 4.69) is 45.7 Å². The van der Waals surface area contributed by atoms with Crippen molar-refractivity contribution in [3.05, 3.63) is 83.4 Å². The van der Waals surface area contributed by atoms with Gasteiger partial charge in [0, 0.05) is 35.8 Å². The van der Waals surface area contributed by atoms with E-state index in [9.17, 15) is 4.79 Å². The molecule has 1 fully saturated rings. The fourth-order valence-electron chi connectivity index (χ4n) is 4.80. The standard InChI is InChI=1S/C23H24N4O/c1-2-23(26-15-6-3-7-16-26,18-9-8-11-19-17(18)13-14-24-19)27-21-12-5-4-10-20(21)25-22(27)28/h2,4-5,8-14,24H,1,3,6-7,15-16H2,(H,25,28). The third kappa shape index (κ3) is 2.33. The van der Waals surface area contributed by atoms with Gasteiger partial charge < -0.3 is 9.97 Å². The zero-order valence-electron chi connectivity index (χ0n) is 15.8. The lowest BCUT2D eigenvalue weighted by Crippen LogP contribution is -2.55. The molecule has 0 saturated carbocycles. The SMILES string of the molecule is C=CC(c1cccc2[nH]ccc12)(N1CCCCC1)n1c(=O)[nH]c2ccccc21. The Balaban J connectivity index is 1.90. The van der Waals surface area contributed by atoms with Crippen LogP contribution in [0.3, 0.4) is 0 Å². The molecule has 5 rings (SSSR count). The molecule has 2 N–H and O–H groups in total. The van der Waals surface area contributed by atoms with Crippen molar-refractivity contribution in [1.29, 1.82) is 0 Å². The van der Waals surface area contributed by atoms with Crippen LogP contribution in [-0.2, 0) is 5.66 Å². The second-order valence-electron chi connectivity index (χ2n) is 7.51. The van der Waals surface area contributed by atoms with Crippen LogP contribution in [0.15, 0.2) is 72.2 Å². The Bertz CT molecular complexity index is 1210. The van der Waals surface area contributed by atoms with Crippen molar-refractivity contribution in [3.8, 4) is 0 Å². The average Bonchev–Trinajstić information content (AvgIpc) is 3.35. The minimum atomic E-state index is -0.751. The van der Waals surface area contributed by atoms with E-state index in [1.54, 1.807) is 0 Å². The van der Waals surface area contributed by atoms with Crippen molar-refractivity contribution in [2.75, 3.05) is 13.1 Å². The normalized spacial score (nSPS) is 17.7. The van der Waals surface area contributed by atoms with Gasteiger partial charge in [0.05, 0.1) is 11.0 Å². The number of rotatable bonds is 4. The van der Waals surface area contributed by atoms with Crippen molar-refractivity contribution >= 4 is 21.9 Å². The molecule has 28 heavy (non-hydrogen) atoms. The summed E-state index contributed by atoms with van der Waals surface area (Å²) in [4.78, 5) is 22.0. The van der Waals surface area contributed by atoms with Gasteiger partial charge in [-0.3, -0.25) is 9.47 Å². The number of hydrogen-bond donors (Lipinski definition) is 2. The van der Waals surface area contributed by atoms with Gasteiger partial charge in [0.2, 0.25) is 0 Å². The van der Waals surface area contributed by atoms with Gasteiger partial charge in [-0.25, -0.2) is 4.79 Å². The molecule has 5 nitrogen and oxygen atoms in total. The van der Waals surface area contributed by atoms with E-state index in [0.717, 1.165) is 53.4 Å². The number of likely N-dealkylation sites (tertiary alicyclic amines) is 1. The molecule has 0 bridgehead atoms. The summed E-state index contributed by atoms with van der Waals surface area (Å²) in [5.41, 5.74) is 3.02. The monoisotopic (exact) mass is 372 g/mol. The molecule has 0 spiro atoms. The molecule has 1 saturated heterocycles. The van der Waals surface area contributed by atoms with Crippen LogP contribution in [0.1, 0.15) is 24.8 Å². The Morgan fingerprint density at radius 1 is 0.964 bits per heavy atom. The first-order valence-corrected chi connectivity index (χ1v) is 9.91. The molecule has 1 aliphatic rings. The van der Waals surface area contributed by atoms with Crippen molar-refractivity contribution in [3.63, 3.8) is 0 Å². The molecule has 1 unspecified atom stereocenters. The highest BCUT2D eigenvalue weighted by molar-refractivity contribution is 5.85. The maximum Gasteiger partial charge on any atom is 0.328 e. The molecule has 0 aliphatic carbocycles. The first-order chi connectivity index (χ1) is 13.8. The van der Waals surface area contributed by atoms with Crippen LogP contribution < -0.4 is 5.69 Å². The second kappa shape index (κ2) is 6.53. The van der Waals surface area contributed by atoms with Crippen LogP contribution in [0.4, 0.5) is 0 Å². The van der Waals surface area contributed by atoms with Gasteiger partial charge in [-0.15, -0.1) is 0 Å². The minimum absolute atomic E-state index is 0.112. The fraction of sp³-hybridized carbons (Fsp3) is 0.261. The number of aromatic nitrogens is 3. The van der Waals surface area contributed by atoms with Gasteiger partial charge in [0.1, 0.15) is 5.66 Å². The van der Waals surface area contributed by atoms with Gasteiger partial charge >= 0.3 is 5.69 Å². The maximum absolute atomic E-state index is 13.3. The van der Waals surface area contributed by atoms with Gasteiger partial charge in [-0.2, -0.15) is 0 Å². The van der Waals surface area contributed by atoms with E-state index >= 15 is 0 Å². The summed E-state index contributed by atoms with van der Waals surface area (Å²) >= 11 is 0. The molecule has 0 amide bonds. The maximum atomic E-state index is 13.3. The molecule has 5 heteroatoms. The topological polar surface area (TPSA) is 56.8 Å². The first-order valence-electron chi connectivity index (χ1n) is 9.91. The van der Waals surface area contributed by atoms with Crippen LogP contribution in [0, 0.1) is 0 Å². The van der Waals surface area contributed by atoms with Crippen LogP contribution >= 0.6 is 0 Å². The van der Waals surface area contributed by atoms with Gasteiger partial charge in [0.25, 0.3) is 0 Å². The smallest absolute Gasteiger partial charge is 0.328 e. The molecule has 4 aromatic rings. The average molecular weight is 372 g/mol. The molecule has 1 atom stereocenters. The number of nitrogens with zero attached hydrogens (tertiary/aromatic N) is 2. The van der Waals surface area contributed by atoms with E-state index in [0.29, 0.717) is 0 Å². The molecule has 2 aromatic carbocycles. The van der Waals surface area contributed by atoms with Crippen LogP contribution in [0.2, 0.25) is 0 Å². The van der Waals surface area contributed by atoms with Crippen molar-refractivity contribution in [2.45, 2.75) is 24.9 Å². The number of benzene rings is 2. The summed E-state index contributed by atoms with van der Waals surface area (Å²) in [5.74, 6) is 0. The number of aromatic amines is 2. The van der Waals surface area contributed by atoms with Crippen LogP contribution in [-0.4, -0.2) is 32.5 Å². The highest BCUT2D eigenvalue weighted by atomic mass is 16.1. The highest BCUT2D eigenvalue weighted by Crippen LogP contribution is 2.38. The zero-order valence-corrected chi connectivity index (χ0v) is 15.8. The van der Waals surface area contributed by atoms with E-state index in [-0.39, 0.29) is 5.69 Å². The highest BCUT2D eigenvalue weighted by Gasteiger charge is 2.41. The summed E-state index contributed by atoms with van der Waals surface area (Å²) in [6.45, 7) is 6.11. The largest absolute Gasteiger partial charge is 0.361 e. The Kier molecular flexibility index (Phi) is 3.98. The Hall–Kier alpha value is -3.05. The van der Waals surface area contributed by atoms with Crippen molar-refractivity contribution in [1.82, 2.24) is 19.4 Å². The third-order valence-corrected chi connectivity index (χ3v) is 6.04. The quantitative estimate of drug-likeness (QED) is 0.528. The van der Waals surface area contributed by atoms with E-state index < -0.39 is 5.66 Å². The van der Waals surface area contributed by atoms with Gasteiger partial charge in [0.15, 0.2) is 0 Å². The summed E-state index contributed by atoms with van der Waals surface area (Å²) < 4.78 is 1.89. The zero-order chi connectivity index (χ0) is 19.1. The van der Waals surface area contributed by atoms with Gasteiger partial charge in [-0.1, -0.05) is 37.3 Å². The van der Waals surface area contributed by atoms with Crippen LogP contribution in [0.5, 0.6) is 0 Å². The number of fused-ring (bicyclic) bond motifs is 2. The van der Waals surface area contributed by atoms with E-state index in [1.807, 2.05) is 41.1 Å². The summed E-state index contributed by atoms with van der Waals surface area (Å²) in [6.07, 6.45) is 7.37. The van der Waals surface area contributed by atoms with E-state index in [4.69, 9.17) is 0 Å². The molecule has 2 aromatic heterocycles. The minimum Gasteiger partial charge on any atom is -0.361 e. The lowest BCUT2D eigenvalue weighted by atomic mass is 9.91.